The van der Waals surface area contributed by atoms with Crippen LogP contribution in [0.15, 0.2) is 0 Å². The standard InChI is InChI=1S/C15H25ClN2O4/c1-15(4-5-15)22-14(19)17-6-3-11(13(9-17)20-2)10-21-12-7-18(16)8-12/h11-13H,3-10H2,1-2H3. The van der Waals surface area contributed by atoms with Crippen LogP contribution in [0, 0.1) is 5.92 Å². The lowest BCUT2D eigenvalue weighted by molar-refractivity contribution is -0.0825. The summed E-state index contributed by atoms with van der Waals surface area (Å²) in [5, 5.41) is 0. The van der Waals surface area contributed by atoms with Crippen molar-refractivity contribution in [2.24, 2.45) is 5.92 Å². The molecule has 0 aromatic heterocycles. The Labute approximate surface area is 136 Å². The molecule has 2 saturated heterocycles. The van der Waals surface area contributed by atoms with Crippen molar-refractivity contribution in [1.29, 1.82) is 0 Å². The number of hydrogen-bond acceptors (Lipinski definition) is 5. The lowest BCUT2D eigenvalue weighted by atomic mass is 9.94. The molecule has 126 valence electrons. The number of nitrogens with zero attached hydrogens (tertiary/aromatic N) is 2. The highest BCUT2D eigenvalue weighted by atomic mass is 35.5. The van der Waals surface area contributed by atoms with E-state index in [9.17, 15) is 4.79 Å². The van der Waals surface area contributed by atoms with Crippen molar-refractivity contribution in [2.75, 3.05) is 39.9 Å². The van der Waals surface area contributed by atoms with E-state index < -0.39 is 0 Å². The van der Waals surface area contributed by atoms with Gasteiger partial charge < -0.3 is 19.1 Å². The van der Waals surface area contributed by atoms with E-state index in [0.717, 1.165) is 32.4 Å². The number of piperidine rings is 1. The quantitative estimate of drug-likeness (QED) is 0.719. The molecule has 1 saturated carbocycles. The molecule has 2 aliphatic heterocycles. The Morgan fingerprint density at radius 1 is 1.32 bits per heavy atom. The molecule has 0 radical (unpaired) electrons. The summed E-state index contributed by atoms with van der Waals surface area (Å²) >= 11 is 5.80. The fraction of sp³-hybridized carbons (Fsp3) is 0.933. The molecule has 2 unspecified atom stereocenters. The van der Waals surface area contributed by atoms with Gasteiger partial charge in [0.25, 0.3) is 0 Å². The Hall–Kier alpha value is -0.560. The van der Waals surface area contributed by atoms with E-state index in [4.69, 9.17) is 26.0 Å². The maximum atomic E-state index is 12.2. The zero-order valence-electron chi connectivity index (χ0n) is 13.3. The highest BCUT2D eigenvalue weighted by Gasteiger charge is 2.43. The minimum atomic E-state index is -0.225. The summed E-state index contributed by atoms with van der Waals surface area (Å²) in [7, 11) is 1.69. The summed E-state index contributed by atoms with van der Waals surface area (Å²) in [6, 6.07) is 0. The molecule has 1 amide bonds. The molecule has 6 nitrogen and oxygen atoms in total. The number of ether oxygens (including phenoxy) is 3. The smallest absolute Gasteiger partial charge is 0.410 e. The lowest BCUT2D eigenvalue weighted by Gasteiger charge is -2.39. The van der Waals surface area contributed by atoms with Gasteiger partial charge in [0.15, 0.2) is 0 Å². The summed E-state index contributed by atoms with van der Waals surface area (Å²) < 4.78 is 18.7. The van der Waals surface area contributed by atoms with Gasteiger partial charge in [0.2, 0.25) is 0 Å². The van der Waals surface area contributed by atoms with E-state index in [1.165, 1.54) is 0 Å². The van der Waals surface area contributed by atoms with E-state index in [0.29, 0.717) is 25.6 Å². The van der Waals surface area contributed by atoms with Crippen molar-refractivity contribution >= 4 is 17.9 Å². The minimum Gasteiger partial charge on any atom is -0.443 e. The highest BCUT2D eigenvalue weighted by molar-refractivity contribution is 6.13. The fourth-order valence-corrected chi connectivity index (χ4v) is 3.20. The van der Waals surface area contributed by atoms with Gasteiger partial charge in [-0.05, 0) is 38.0 Å². The SMILES string of the molecule is COC1CN(C(=O)OC2(C)CC2)CCC1COC1CN(Cl)C1. The average molecular weight is 333 g/mol. The Balaban J connectivity index is 1.44. The number of carbonyl (C=O) groups excluding carboxylic acids is 1. The number of carbonyl (C=O) groups is 1. The molecule has 0 N–H and O–H groups in total. The van der Waals surface area contributed by atoms with Crippen LogP contribution in [-0.2, 0) is 14.2 Å². The third kappa shape index (κ3) is 3.85. The molecule has 0 bridgehead atoms. The molecule has 22 heavy (non-hydrogen) atoms. The van der Waals surface area contributed by atoms with Crippen molar-refractivity contribution in [3.8, 4) is 0 Å². The summed E-state index contributed by atoms with van der Waals surface area (Å²) in [5.74, 6) is 0.315. The number of rotatable bonds is 5. The molecule has 2 atom stereocenters. The van der Waals surface area contributed by atoms with Gasteiger partial charge in [-0.15, -0.1) is 0 Å². The first-order valence-electron chi connectivity index (χ1n) is 8.02. The molecule has 3 aliphatic rings. The molecule has 3 rings (SSSR count). The summed E-state index contributed by atoms with van der Waals surface area (Å²) in [6.07, 6.45) is 2.83. The van der Waals surface area contributed by atoms with Crippen molar-refractivity contribution in [3.05, 3.63) is 0 Å². The summed E-state index contributed by atoms with van der Waals surface area (Å²) in [4.78, 5) is 13.9. The summed E-state index contributed by atoms with van der Waals surface area (Å²) in [6.45, 7) is 5.49. The van der Waals surface area contributed by atoms with Crippen LogP contribution in [0.25, 0.3) is 0 Å². The third-order valence-electron chi connectivity index (χ3n) is 4.89. The normalized spacial score (nSPS) is 31.7. The number of amides is 1. The van der Waals surface area contributed by atoms with E-state index in [-0.39, 0.29) is 23.9 Å². The van der Waals surface area contributed by atoms with Crippen molar-refractivity contribution in [2.45, 2.75) is 44.0 Å². The van der Waals surface area contributed by atoms with Crippen LogP contribution in [0.2, 0.25) is 0 Å². The lowest BCUT2D eigenvalue weighted by Crippen LogP contribution is -2.51. The first kappa shape index (κ1) is 16.3. The zero-order chi connectivity index (χ0) is 15.7. The van der Waals surface area contributed by atoms with Gasteiger partial charge in [-0.2, -0.15) is 0 Å². The molecule has 3 fully saturated rings. The molecule has 0 aromatic carbocycles. The number of hydrogen-bond donors (Lipinski definition) is 0. The first-order chi connectivity index (χ1) is 10.5. The van der Waals surface area contributed by atoms with Crippen LogP contribution in [-0.4, -0.2) is 73.1 Å². The number of halogens is 1. The molecular formula is C15H25ClN2O4. The van der Waals surface area contributed by atoms with Gasteiger partial charge in [0.05, 0.1) is 25.4 Å². The second-order valence-electron chi connectivity index (χ2n) is 6.87. The third-order valence-corrected chi connectivity index (χ3v) is 5.17. The predicted molar refractivity (Wildman–Crippen MR) is 81.8 cm³/mol. The maximum Gasteiger partial charge on any atom is 0.410 e. The van der Waals surface area contributed by atoms with Gasteiger partial charge in [0, 0.05) is 32.7 Å². The monoisotopic (exact) mass is 332 g/mol. The molecule has 0 spiro atoms. The van der Waals surface area contributed by atoms with Gasteiger partial charge in [-0.1, -0.05) is 0 Å². The molecule has 1 aliphatic carbocycles. The van der Waals surface area contributed by atoms with Crippen molar-refractivity contribution in [3.63, 3.8) is 0 Å². The van der Waals surface area contributed by atoms with Crippen molar-refractivity contribution < 1.29 is 19.0 Å². The molecule has 2 heterocycles. The van der Waals surface area contributed by atoms with Crippen LogP contribution in [0.3, 0.4) is 0 Å². The highest BCUT2D eigenvalue weighted by Crippen LogP contribution is 2.39. The molecule has 7 heteroatoms. The van der Waals surface area contributed by atoms with E-state index >= 15 is 0 Å². The van der Waals surface area contributed by atoms with Crippen LogP contribution < -0.4 is 0 Å². The number of methoxy groups -OCH3 is 1. The Kier molecular flexibility index (Phi) is 4.83. The van der Waals surface area contributed by atoms with E-state index in [1.54, 1.807) is 16.4 Å². The van der Waals surface area contributed by atoms with Crippen LogP contribution in [0.4, 0.5) is 4.79 Å². The second kappa shape index (κ2) is 6.51. The Morgan fingerprint density at radius 2 is 2.05 bits per heavy atom. The Bertz CT molecular complexity index is 412. The topological polar surface area (TPSA) is 51.2 Å². The van der Waals surface area contributed by atoms with Gasteiger partial charge in [-0.3, -0.25) is 0 Å². The second-order valence-corrected chi connectivity index (χ2v) is 7.35. The molecule has 0 aromatic rings. The zero-order valence-corrected chi connectivity index (χ0v) is 14.1. The summed E-state index contributed by atoms with van der Waals surface area (Å²) in [5.41, 5.74) is -0.225. The largest absolute Gasteiger partial charge is 0.443 e. The van der Waals surface area contributed by atoms with Crippen LogP contribution >= 0.6 is 11.8 Å². The van der Waals surface area contributed by atoms with Gasteiger partial charge >= 0.3 is 6.09 Å². The first-order valence-corrected chi connectivity index (χ1v) is 8.36. The average Bonchev–Trinajstić information content (AvgIpc) is 3.19. The molecular weight excluding hydrogens is 308 g/mol. The van der Waals surface area contributed by atoms with Crippen LogP contribution in [0.1, 0.15) is 26.2 Å². The maximum absolute atomic E-state index is 12.2. The van der Waals surface area contributed by atoms with Crippen molar-refractivity contribution in [1.82, 2.24) is 9.32 Å². The predicted octanol–water partition coefficient (Wildman–Crippen LogP) is 1.87. The van der Waals surface area contributed by atoms with Crippen LogP contribution in [0.5, 0.6) is 0 Å². The number of likely N-dealkylation sites (tertiary alicyclic amines) is 1. The van der Waals surface area contributed by atoms with Gasteiger partial charge in [-0.25, -0.2) is 9.21 Å². The van der Waals surface area contributed by atoms with E-state index in [1.807, 2.05) is 6.92 Å². The fourth-order valence-electron chi connectivity index (χ4n) is 2.90. The van der Waals surface area contributed by atoms with Gasteiger partial charge in [0.1, 0.15) is 5.60 Å². The Morgan fingerprint density at radius 3 is 2.64 bits per heavy atom. The minimum absolute atomic E-state index is 0.000454. The van der Waals surface area contributed by atoms with E-state index in [2.05, 4.69) is 0 Å².